The number of halogens is 1. The maximum Gasteiger partial charge on any atom is 0.339 e. The number of anilines is 1. The summed E-state index contributed by atoms with van der Waals surface area (Å²) in [6.45, 7) is 0. The third-order valence-electron chi connectivity index (χ3n) is 3.74. The Morgan fingerprint density at radius 3 is 2.92 bits per heavy atom. The fourth-order valence-electron chi connectivity index (χ4n) is 2.56. The Kier molecular flexibility index (Phi) is 4.41. The number of esters is 1. The van der Waals surface area contributed by atoms with Crippen molar-refractivity contribution in [3.8, 4) is 10.6 Å². The molecule has 3 aromatic rings. The van der Waals surface area contributed by atoms with Gasteiger partial charge in [-0.25, -0.2) is 9.78 Å². The van der Waals surface area contributed by atoms with E-state index in [4.69, 9.17) is 4.74 Å². The molecule has 0 bridgehead atoms. The van der Waals surface area contributed by atoms with Gasteiger partial charge < -0.3 is 4.74 Å². The molecule has 1 amide bonds. The van der Waals surface area contributed by atoms with Gasteiger partial charge in [0.2, 0.25) is 0 Å². The van der Waals surface area contributed by atoms with Crippen molar-refractivity contribution in [3.63, 3.8) is 0 Å². The van der Waals surface area contributed by atoms with E-state index in [1.54, 1.807) is 23.5 Å². The first kappa shape index (κ1) is 16.4. The van der Waals surface area contributed by atoms with E-state index >= 15 is 0 Å². The quantitative estimate of drug-likeness (QED) is 0.621. The summed E-state index contributed by atoms with van der Waals surface area (Å²) in [4.78, 5) is 29.9. The highest BCUT2D eigenvalue weighted by atomic mass is 79.9. The van der Waals surface area contributed by atoms with Crippen LogP contribution in [0.3, 0.4) is 0 Å². The number of benzene rings is 1. The van der Waals surface area contributed by atoms with E-state index in [-0.39, 0.29) is 5.91 Å². The van der Waals surface area contributed by atoms with Gasteiger partial charge in [0.15, 0.2) is 11.2 Å². The molecule has 25 heavy (non-hydrogen) atoms. The second kappa shape index (κ2) is 6.70. The SMILES string of the molecule is O=C1OC(C(=O)Nc2nc(-c3ccc(Br)s3)cs2)Cc2ccccc21. The lowest BCUT2D eigenvalue weighted by molar-refractivity contribution is -0.125. The molecular formula is C17H11BrN2O3S2. The summed E-state index contributed by atoms with van der Waals surface area (Å²) in [5, 5.41) is 5.11. The second-order valence-electron chi connectivity index (χ2n) is 5.39. The van der Waals surface area contributed by atoms with Gasteiger partial charge >= 0.3 is 5.97 Å². The number of aromatic nitrogens is 1. The maximum absolute atomic E-state index is 12.4. The van der Waals surface area contributed by atoms with Gasteiger partial charge in [-0.2, -0.15) is 0 Å². The fourth-order valence-corrected chi connectivity index (χ4v) is 4.69. The van der Waals surface area contributed by atoms with E-state index in [0.717, 1.165) is 19.9 Å². The molecule has 1 atom stereocenters. The molecule has 126 valence electrons. The normalized spacial score (nSPS) is 16.2. The summed E-state index contributed by atoms with van der Waals surface area (Å²) in [5.41, 5.74) is 2.15. The Morgan fingerprint density at radius 1 is 1.28 bits per heavy atom. The van der Waals surface area contributed by atoms with E-state index in [1.165, 1.54) is 11.3 Å². The van der Waals surface area contributed by atoms with Crippen molar-refractivity contribution < 1.29 is 14.3 Å². The molecule has 0 saturated heterocycles. The highest BCUT2D eigenvalue weighted by Gasteiger charge is 2.31. The number of ether oxygens (including phenoxy) is 1. The molecule has 1 N–H and O–H groups in total. The zero-order chi connectivity index (χ0) is 17.4. The molecule has 0 fully saturated rings. The molecule has 0 spiro atoms. The summed E-state index contributed by atoms with van der Waals surface area (Å²) in [6, 6.07) is 11.1. The third kappa shape index (κ3) is 3.37. The summed E-state index contributed by atoms with van der Waals surface area (Å²) < 4.78 is 6.29. The van der Waals surface area contributed by atoms with Gasteiger partial charge in [-0.05, 0) is 39.7 Å². The van der Waals surface area contributed by atoms with Gasteiger partial charge in [0.05, 0.1) is 19.9 Å². The number of hydrogen-bond donors (Lipinski definition) is 1. The number of carbonyl (C=O) groups is 2. The largest absolute Gasteiger partial charge is 0.448 e. The molecule has 0 radical (unpaired) electrons. The zero-order valence-corrected chi connectivity index (χ0v) is 15.9. The van der Waals surface area contributed by atoms with E-state index in [0.29, 0.717) is 17.1 Å². The van der Waals surface area contributed by atoms with Crippen LogP contribution in [0.2, 0.25) is 0 Å². The number of rotatable bonds is 3. The van der Waals surface area contributed by atoms with E-state index in [1.807, 2.05) is 29.6 Å². The third-order valence-corrected chi connectivity index (χ3v) is 6.15. The number of nitrogens with zero attached hydrogens (tertiary/aromatic N) is 1. The molecule has 8 heteroatoms. The lowest BCUT2D eigenvalue weighted by Gasteiger charge is -2.23. The smallest absolute Gasteiger partial charge is 0.339 e. The average molecular weight is 435 g/mol. The minimum Gasteiger partial charge on any atom is -0.448 e. The maximum atomic E-state index is 12.4. The first-order chi connectivity index (χ1) is 12.1. The predicted octanol–water partition coefficient (Wildman–Crippen LogP) is 4.35. The van der Waals surface area contributed by atoms with Crippen LogP contribution in [-0.4, -0.2) is 23.0 Å². The van der Waals surface area contributed by atoms with Crippen LogP contribution in [0.15, 0.2) is 45.6 Å². The number of carbonyl (C=O) groups excluding carboxylic acids is 2. The minimum absolute atomic E-state index is 0.365. The molecule has 1 unspecified atom stereocenters. The first-order valence-electron chi connectivity index (χ1n) is 7.41. The molecule has 5 nitrogen and oxygen atoms in total. The number of hydrogen-bond acceptors (Lipinski definition) is 6. The minimum atomic E-state index is -0.842. The second-order valence-corrected chi connectivity index (χ2v) is 8.71. The van der Waals surface area contributed by atoms with Crippen molar-refractivity contribution in [2.45, 2.75) is 12.5 Å². The van der Waals surface area contributed by atoms with Crippen LogP contribution in [0.4, 0.5) is 5.13 Å². The van der Waals surface area contributed by atoms with E-state index in [2.05, 4.69) is 26.2 Å². The summed E-state index contributed by atoms with van der Waals surface area (Å²) in [6.07, 6.45) is -0.477. The van der Waals surface area contributed by atoms with Gasteiger partial charge in [-0.3, -0.25) is 10.1 Å². The lowest BCUT2D eigenvalue weighted by atomic mass is 9.98. The van der Waals surface area contributed by atoms with Gasteiger partial charge in [0.1, 0.15) is 0 Å². The number of thiazole rings is 1. The van der Waals surface area contributed by atoms with Gasteiger partial charge in [0, 0.05) is 11.8 Å². The standard InChI is InChI=1S/C17H11BrN2O3S2/c18-14-6-5-13(25-14)11-8-24-17(19-11)20-15(21)12-7-9-3-1-2-4-10(9)16(22)23-12/h1-6,8,12H,7H2,(H,19,20,21). The van der Waals surface area contributed by atoms with Crippen LogP contribution >= 0.6 is 38.6 Å². The van der Waals surface area contributed by atoms with Gasteiger partial charge in [0.25, 0.3) is 5.91 Å². The van der Waals surface area contributed by atoms with Crippen LogP contribution in [0.1, 0.15) is 15.9 Å². The Labute approximate surface area is 159 Å². The van der Waals surface area contributed by atoms with E-state index < -0.39 is 12.1 Å². The van der Waals surface area contributed by atoms with Crippen molar-refractivity contribution in [2.75, 3.05) is 5.32 Å². The number of fused-ring (bicyclic) bond motifs is 1. The van der Waals surface area contributed by atoms with Crippen molar-refractivity contribution in [2.24, 2.45) is 0 Å². The van der Waals surface area contributed by atoms with Crippen molar-refractivity contribution >= 4 is 55.6 Å². The zero-order valence-electron chi connectivity index (χ0n) is 12.7. The van der Waals surface area contributed by atoms with Gasteiger partial charge in [-0.1, -0.05) is 18.2 Å². The molecule has 1 aliphatic heterocycles. The summed E-state index contributed by atoms with van der Waals surface area (Å²) >= 11 is 6.34. The molecule has 1 aromatic carbocycles. The van der Waals surface area contributed by atoms with Crippen molar-refractivity contribution in [1.82, 2.24) is 4.98 Å². The van der Waals surface area contributed by atoms with Crippen LogP contribution < -0.4 is 5.32 Å². The first-order valence-corrected chi connectivity index (χ1v) is 9.90. The lowest BCUT2D eigenvalue weighted by Crippen LogP contribution is -2.37. The van der Waals surface area contributed by atoms with Gasteiger partial charge in [-0.15, -0.1) is 22.7 Å². The molecule has 1 aliphatic rings. The van der Waals surface area contributed by atoms with Crippen molar-refractivity contribution in [1.29, 1.82) is 0 Å². The number of nitrogens with one attached hydrogen (secondary N) is 1. The number of amides is 1. The molecule has 4 rings (SSSR count). The topological polar surface area (TPSA) is 68.3 Å². The van der Waals surface area contributed by atoms with E-state index in [9.17, 15) is 9.59 Å². The average Bonchev–Trinajstić information content (AvgIpc) is 3.23. The Bertz CT molecular complexity index is 966. The van der Waals surface area contributed by atoms with Crippen LogP contribution in [0.5, 0.6) is 0 Å². The molecule has 2 aromatic heterocycles. The molecule has 0 aliphatic carbocycles. The number of cyclic esters (lactones) is 1. The number of thiophene rings is 1. The monoisotopic (exact) mass is 434 g/mol. The van der Waals surface area contributed by atoms with Crippen LogP contribution in [0, 0.1) is 0 Å². The molecule has 3 heterocycles. The Morgan fingerprint density at radius 2 is 2.12 bits per heavy atom. The fraction of sp³-hybridized carbons (Fsp3) is 0.118. The highest BCUT2D eigenvalue weighted by molar-refractivity contribution is 9.11. The highest BCUT2D eigenvalue weighted by Crippen LogP contribution is 2.33. The molecule has 0 saturated carbocycles. The summed E-state index contributed by atoms with van der Waals surface area (Å²) in [7, 11) is 0. The van der Waals surface area contributed by atoms with Crippen LogP contribution in [-0.2, 0) is 16.0 Å². The summed E-state index contributed by atoms with van der Waals surface area (Å²) in [5.74, 6) is -0.832. The van der Waals surface area contributed by atoms with Crippen molar-refractivity contribution in [3.05, 3.63) is 56.7 Å². The van der Waals surface area contributed by atoms with Crippen LogP contribution in [0.25, 0.3) is 10.6 Å². The predicted molar refractivity (Wildman–Crippen MR) is 101 cm³/mol. The Balaban J connectivity index is 1.48. The molecular weight excluding hydrogens is 424 g/mol. The Hall–Kier alpha value is -2.03.